The molecule has 2 N–H and O–H groups in total. The van der Waals surface area contributed by atoms with E-state index in [9.17, 15) is 27.6 Å². The molecule has 1 aromatic carbocycles. The van der Waals surface area contributed by atoms with E-state index in [4.69, 9.17) is 4.74 Å². The van der Waals surface area contributed by atoms with Crippen molar-refractivity contribution in [2.24, 2.45) is 0 Å². The Hall–Kier alpha value is -3.28. The van der Waals surface area contributed by atoms with Crippen molar-refractivity contribution in [1.82, 2.24) is 25.3 Å². The quantitative estimate of drug-likeness (QED) is 0.549. The number of rotatable bonds is 7. The number of nitrogens with zero attached hydrogens (tertiary/aromatic N) is 3. The largest absolute Gasteiger partial charge is 0.463 e. The molecule has 1 atom stereocenters. The van der Waals surface area contributed by atoms with Gasteiger partial charge in [-0.05, 0) is 38.5 Å². The maximum absolute atomic E-state index is 13.1. The fourth-order valence-corrected chi connectivity index (χ4v) is 4.36. The van der Waals surface area contributed by atoms with Gasteiger partial charge in [-0.1, -0.05) is 12.1 Å². The minimum absolute atomic E-state index is 0.0978. The first-order chi connectivity index (χ1) is 17.1. The Bertz CT molecular complexity index is 988. The van der Waals surface area contributed by atoms with Crippen LogP contribution in [0.25, 0.3) is 0 Å². The van der Waals surface area contributed by atoms with Crippen LogP contribution in [0.4, 0.5) is 22.8 Å². The summed E-state index contributed by atoms with van der Waals surface area (Å²) in [4.78, 5) is 43.4. The van der Waals surface area contributed by atoms with E-state index >= 15 is 0 Å². The van der Waals surface area contributed by atoms with E-state index in [0.29, 0.717) is 44.0 Å². The number of hydrogen-bond acceptors (Lipinski definition) is 5. The van der Waals surface area contributed by atoms with Crippen LogP contribution in [0.2, 0.25) is 0 Å². The summed E-state index contributed by atoms with van der Waals surface area (Å²) in [6.45, 7) is 8.45. The Morgan fingerprint density at radius 3 is 2.25 bits per heavy atom. The molecule has 0 bridgehead atoms. The van der Waals surface area contributed by atoms with E-state index in [0.717, 1.165) is 12.1 Å². The molecule has 36 heavy (non-hydrogen) atoms. The molecule has 9 nitrogen and oxygen atoms in total. The molecule has 0 aliphatic carbocycles. The maximum atomic E-state index is 13.1. The summed E-state index contributed by atoms with van der Waals surface area (Å²) in [6, 6.07) is 2.82. The molecule has 2 aliphatic heterocycles. The molecule has 0 radical (unpaired) electrons. The predicted octanol–water partition coefficient (Wildman–Crippen LogP) is 2.96. The van der Waals surface area contributed by atoms with Gasteiger partial charge in [0.1, 0.15) is 0 Å². The minimum Gasteiger partial charge on any atom is -0.463 e. The number of nitrogens with one attached hydrogen (secondary N) is 2. The number of amides is 4. The van der Waals surface area contributed by atoms with Gasteiger partial charge in [0, 0.05) is 51.5 Å². The van der Waals surface area contributed by atoms with Crippen molar-refractivity contribution < 1.29 is 32.3 Å². The first-order valence-electron chi connectivity index (χ1n) is 12.0. The lowest BCUT2D eigenvalue weighted by atomic mass is 9.93. The van der Waals surface area contributed by atoms with Gasteiger partial charge in [-0.2, -0.15) is 13.2 Å². The fourth-order valence-electron chi connectivity index (χ4n) is 4.36. The molecule has 4 amide bonds. The zero-order chi connectivity index (χ0) is 26.5. The van der Waals surface area contributed by atoms with E-state index in [1.165, 1.54) is 17.0 Å². The van der Waals surface area contributed by atoms with Crippen molar-refractivity contribution in [3.8, 4) is 0 Å². The van der Waals surface area contributed by atoms with Crippen LogP contribution in [0.3, 0.4) is 0 Å². The number of urea groups is 2. The van der Waals surface area contributed by atoms with Crippen LogP contribution in [-0.4, -0.2) is 85.2 Å². The molecular weight excluding hydrogens is 479 g/mol. The summed E-state index contributed by atoms with van der Waals surface area (Å²) in [5.74, 6) is -0.642. The van der Waals surface area contributed by atoms with Gasteiger partial charge in [-0.25, -0.2) is 14.4 Å². The number of likely N-dealkylation sites (N-methyl/N-ethyl adjacent to an activating group) is 1. The van der Waals surface area contributed by atoms with E-state index in [1.54, 1.807) is 18.7 Å². The lowest BCUT2D eigenvalue weighted by molar-refractivity contribution is -0.139. The summed E-state index contributed by atoms with van der Waals surface area (Å²) in [7, 11) is 0. The molecule has 0 spiro atoms. The number of esters is 1. The highest BCUT2D eigenvalue weighted by molar-refractivity contribution is 5.95. The second kappa shape index (κ2) is 11.6. The van der Waals surface area contributed by atoms with Crippen molar-refractivity contribution in [3.63, 3.8) is 0 Å². The third-order valence-corrected chi connectivity index (χ3v) is 6.18. The number of hydrogen-bond donors (Lipinski definition) is 2. The summed E-state index contributed by atoms with van der Waals surface area (Å²) in [6.07, 6.45) is -4.51. The Labute approximate surface area is 208 Å². The molecule has 3 rings (SSSR count). The number of ether oxygens (including phenoxy) is 1. The second-order valence-electron chi connectivity index (χ2n) is 8.43. The van der Waals surface area contributed by atoms with Gasteiger partial charge < -0.3 is 20.3 Å². The smallest absolute Gasteiger partial charge is 0.416 e. The third kappa shape index (κ3) is 6.10. The Morgan fingerprint density at radius 2 is 1.72 bits per heavy atom. The van der Waals surface area contributed by atoms with Crippen molar-refractivity contribution in [2.75, 3.05) is 52.4 Å². The number of benzene rings is 1. The molecule has 12 heteroatoms. The first kappa shape index (κ1) is 27.3. The summed E-state index contributed by atoms with van der Waals surface area (Å²) in [5, 5.41) is 5.52. The van der Waals surface area contributed by atoms with Crippen LogP contribution in [0, 0.1) is 0 Å². The fraction of sp³-hybridized carbons (Fsp3) is 0.542. The number of carbonyl (C=O) groups excluding carboxylic acids is 3. The Morgan fingerprint density at radius 1 is 1.08 bits per heavy atom. The van der Waals surface area contributed by atoms with Gasteiger partial charge in [0.2, 0.25) is 0 Å². The first-order valence-corrected chi connectivity index (χ1v) is 12.0. The second-order valence-corrected chi connectivity index (χ2v) is 8.43. The van der Waals surface area contributed by atoms with Crippen molar-refractivity contribution in [1.29, 1.82) is 0 Å². The Kier molecular flexibility index (Phi) is 8.83. The molecule has 0 saturated carbocycles. The van der Waals surface area contributed by atoms with Crippen molar-refractivity contribution >= 4 is 18.0 Å². The molecule has 1 saturated heterocycles. The molecule has 1 aromatic rings. The van der Waals surface area contributed by atoms with Crippen LogP contribution in [0.15, 0.2) is 35.5 Å². The monoisotopic (exact) mass is 511 g/mol. The van der Waals surface area contributed by atoms with Crippen molar-refractivity contribution in [2.45, 2.75) is 33.0 Å². The average Bonchev–Trinajstić information content (AvgIpc) is 2.84. The maximum Gasteiger partial charge on any atom is 0.416 e. The van der Waals surface area contributed by atoms with E-state index in [-0.39, 0.29) is 31.3 Å². The van der Waals surface area contributed by atoms with Crippen molar-refractivity contribution in [3.05, 3.63) is 46.7 Å². The van der Waals surface area contributed by atoms with Gasteiger partial charge in [0.15, 0.2) is 0 Å². The van der Waals surface area contributed by atoms with Gasteiger partial charge in [0.25, 0.3) is 0 Å². The zero-order valence-corrected chi connectivity index (χ0v) is 20.7. The van der Waals surface area contributed by atoms with Crippen LogP contribution < -0.4 is 10.6 Å². The molecule has 0 unspecified atom stereocenters. The highest BCUT2D eigenvalue weighted by atomic mass is 19.4. The van der Waals surface area contributed by atoms with E-state index < -0.39 is 29.8 Å². The molecule has 0 aromatic heterocycles. The van der Waals surface area contributed by atoms with Crippen LogP contribution >= 0.6 is 0 Å². The highest BCUT2D eigenvalue weighted by Crippen LogP contribution is 2.34. The number of halogens is 3. The number of alkyl halides is 3. The van der Waals surface area contributed by atoms with Gasteiger partial charge in [-0.3, -0.25) is 9.80 Å². The lowest BCUT2D eigenvalue weighted by Gasteiger charge is -2.40. The molecule has 198 valence electrons. The third-order valence-electron chi connectivity index (χ3n) is 6.18. The SMILES string of the molecule is CCNC(=O)N1CCN(CC2=C(C(=O)OCC)[C@H](c3ccc(C(F)(F)F)cc3)NC(=O)N2CC)CC1. The Balaban J connectivity index is 1.95. The van der Waals surface area contributed by atoms with Gasteiger partial charge in [-0.15, -0.1) is 0 Å². The number of carbonyl (C=O) groups is 3. The molecule has 2 aliphatic rings. The normalized spacial score (nSPS) is 19.3. The van der Waals surface area contributed by atoms with E-state index in [2.05, 4.69) is 10.6 Å². The summed E-state index contributed by atoms with van der Waals surface area (Å²) >= 11 is 0. The van der Waals surface area contributed by atoms with E-state index in [1.807, 2.05) is 11.8 Å². The van der Waals surface area contributed by atoms with Gasteiger partial charge in [0.05, 0.1) is 23.8 Å². The van der Waals surface area contributed by atoms with Crippen LogP contribution in [0.1, 0.15) is 37.9 Å². The average molecular weight is 512 g/mol. The molecular formula is C24H32F3N5O4. The lowest BCUT2D eigenvalue weighted by Crippen LogP contribution is -2.55. The summed E-state index contributed by atoms with van der Waals surface area (Å²) < 4.78 is 44.5. The topological polar surface area (TPSA) is 94.2 Å². The zero-order valence-electron chi connectivity index (χ0n) is 20.7. The van der Waals surface area contributed by atoms with Crippen LogP contribution in [-0.2, 0) is 15.7 Å². The minimum atomic E-state index is -4.51. The predicted molar refractivity (Wildman–Crippen MR) is 126 cm³/mol. The number of piperazine rings is 1. The standard InChI is InChI=1S/C24H32F3N5O4/c1-4-28-22(34)31-13-11-30(12-14-31)15-18-19(21(33)36-6-3)20(29-23(35)32(18)5-2)16-7-9-17(10-8-16)24(25,26)27/h7-10,20H,4-6,11-15H2,1-3H3,(H,28,34)(H,29,35)/t20-/m0/s1. The summed E-state index contributed by atoms with van der Waals surface area (Å²) in [5.41, 5.74) is 0.143. The molecule has 1 fully saturated rings. The van der Waals surface area contributed by atoms with Gasteiger partial charge >= 0.3 is 24.2 Å². The molecule has 2 heterocycles. The van der Waals surface area contributed by atoms with Crippen LogP contribution in [0.5, 0.6) is 0 Å². The highest BCUT2D eigenvalue weighted by Gasteiger charge is 2.39.